The second-order valence-corrected chi connectivity index (χ2v) is 9.05. The first-order valence-corrected chi connectivity index (χ1v) is 10.9. The first-order chi connectivity index (χ1) is 15.3. The van der Waals surface area contributed by atoms with Crippen molar-refractivity contribution >= 4 is 52.6 Å². The lowest BCUT2D eigenvalue weighted by atomic mass is 9.80. The van der Waals surface area contributed by atoms with Gasteiger partial charge in [0, 0.05) is 6.07 Å². The van der Waals surface area contributed by atoms with Crippen LogP contribution in [-0.2, 0) is 23.9 Å². The lowest BCUT2D eigenvalue weighted by molar-refractivity contribution is -0.154. The molecule has 1 aliphatic heterocycles. The first kappa shape index (κ1) is 22.7. The number of carbonyl (C=O) groups is 4. The highest BCUT2D eigenvalue weighted by Gasteiger charge is 2.66. The van der Waals surface area contributed by atoms with Crippen molar-refractivity contribution < 1.29 is 33.4 Å². The lowest BCUT2D eigenvalue weighted by Gasteiger charge is -2.28. The van der Waals surface area contributed by atoms with Gasteiger partial charge in [-0.2, -0.15) is 0 Å². The molecule has 0 aromatic heterocycles. The normalized spacial score (nSPS) is 30.3. The Kier molecular flexibility index (Phi) is 6.22. The number of methoxy groups -OCH3 is 2. The molecule has 11 heteroatoms. The smallest absolute Gasteiger partial charge is 0.326 e. The summed E-state index contributed by atoms with van der Waals surface area (Å²) in [4.78, 5) is 50.9. The molecule has 0 radical (unpaired) electrons. The van der Waals surface area contributed by atoms with Crippen molar-refractivity contribution in [2.75, 3.05) is 32.7 Å². The van der Waals surface area contributed by atoms with Gasteiger partial charge in [0.2, 0.25) is 11.8 Å². The highest BCUT2D eigenvalue weighted by atomic mass is 35.5. The van der Waals surface area contributed by atoms with Gasteiger partial charge >= 0.3 is 5.97 Å². The quantitative estimate of drug-likeness (QED) is 0.355. The van der Waals surface area contributed by atoms with Crippen LogP contribution in [0.3, 0.4) is 0 Å². The number of anilines is 1. The van der Waals surface area contributed by atoms with Gasteiger partial charge in [-0.25, -0.2) is 0 Å². The van der Waals surface area contributed by atoms with Crippen LogP contribution in [-0.4, -0.2) is 66.7 Å². The van der Waals surface area contributed by atoms with E-state index in [0.29, 0.717) is 23.6 Å². The Morgan fingerprint density at radius 2 is 1.69 bits per heavy atom. The van der Waals surface area contributed by atoms with E-state index in [1.807, 2.05) is 0 Å². The van der Waals surface area contributed by atoms with Gasteiger partial charge in [0.1, 0.15) is 18.0 Å². The van der Waals surface area contributed by atoms with Crippen molar-refractivity contribution in [2.24, 2.45) is 23.7 Å². The van der Waals surface area contributed by atoms with Crippen LogP contribution in [0, 0.1) is 23.7 Å². The number of rotatable bonds is 7. The highest BCUT2D eigenvalue weighted by Crippen LogP contribution is 2.59. The minimum absolute atomic E-state index is 0.170. The molecule has 6 atom stereocenters. The molecule has 1 aromatic carbocycles. The summed E-state index contributed by atoms with van der Waals surface area (Å²) in [5.74, 6) is -2.82. The Bertz CT molecular complexity index is 939. The van der Waals surface area contributed by atoms with Gasteiger partial charge in [0.05, 0.1) is 42.5 Å². The van der Waals surface area contributed by atoms with Crippen LogP contribution >= 0.6 is 23.2 Å². The van der Waals surface area contributed by atoms with E-state index in [4.69, 9.17) is 37.4 Å². The van der Waals surface area contributed by atoms with Crippen molar-refractivity contribution in [1.82, 2.24) is 4.90 Å². The molecule has 0 spiro atoms. The molecular weight excluding hydrogens is 463 g/mol. The fraction of sp³-hybridized carbons (Fsp3) is 0.524. The zero-order valence-electron chi connectivity index (χ0n) is 17.4. The summed E-state index contributed by atoms with van der Waals surface area (Å²) in [7, 11) is 2.94. The summed E-state index contributed by atoms with van der Waals surface area (Å²) < 4.78 is 15.3. The second kappa shape index (κ2) is 8.78. The third-order valence-corrected chi connectivity index (χ3v) is 7.73. The van der Waals surface area contributed by atoms with Crippen molar-refractivity contribution in [3.05, 3.63) is 18.2 Å². The minimum atomic E-state index is -0.860. The molecule has 9 nitrogen and oxygen atoms in total. The standard InChI is InChI=1S/C21H22Cl2N2O7/c1-30-9-3-4-12(13(5-9)31-2)24-14(26)8-32-15(27)7-25-20(28)16-10-6-11(17(16)21(25)29)19(23)18(10)22/h3-5,10-11,16-19H,6-8H2,1-2H3,(H,24,26)/t10-,11-,16-,17+,18+,19+/m1/s1. The molecule has 1 heterocycles. The van der Waals surface area contributed by atoms with Crippen LogP contribution in [0.2, 0.25) is 0 Å². The number of carbonyl (C=O) groups excluding carboxylic acids is 4. The van der Waals surface area contributed by atoms with Crippen LogP contribution in [0.1, 0.15) is 6.42 Å². The maximum atomic E-state index is 12.8. The van der Waals surface area contributed by atoms with E-state index in [2.05, 4.69) is 5.32 Å². The van der Waals surface area contributed by atoms with Gasteiger partial charge in [-0.15, -0.1) is 23.2 Å². The van der Waals surface area contributed by atoms with Gasteiger partial charge in [0.25, 0.3) is 5.91 Å². The van der Waals surface area contributed by atoms with Crippen LogP contribution in [0.25, 0.3) is 0 Å². The lowest BCUT2D eigenvalue weighted by Crippen LogP contribution is -2.38. The zero-order valence-corrected chi connectivity index (χ0v) is 18.9. The van der Waals surface area contributed by atoms with Crippen LogP contribution in [0.15, 0.2) is 18.2 Å². The van der Waals surface area contributed by atoms with E-state index in [1.54, 1.807) is 18.2 Å². The monoisotopic (exact) mass is 484 g/mol. The Morgan fingerprint density at radius 1 is 1.06 bits per heavy atom. The van der Waals surface area contributed by atoms with Gasteiger partial charge < -0.3 is 19.5 Å². The summed E-state index contributed by atoms with van der Waals surface area (Å²) in [6.45, 7) is -1.14. The van der Waals surface area contributed by atoms with Gasteiger partial charge in [-0.1, -0.05) is 0 Å². The fourth-order valence-corrected chi connectivity index (χ4v) is 5.87. The number of ether oxygens (including phenoxy) is 3. The van der Waals surface area contributed by atoms with Crippen LogP contribution in [0.5, 0.6) is 11.5 Å². The molecule has 1 saturated heterocycles. The maximum Gasteiger partial charge on any atom is 0.326 e. The number of imide groups is 1. The second-order valence-electron chi connectivity index (χ2n) is 8.04. The molecule has 3 aliphatic rings. The average molecular weight is 485 g/mol. The molecule has 0 unspecified atom stereocenters. The van der Waals surface area contributed by atoms with Crippen molar-refractivity contribution in [1.29, 1.82) is 0 Å². The first-order valence-electron chi connectivity index (χ1n) is 10.1. The van der Waals surface area contributed by atoms with Crippen molar-refractivity contribution in [3.63, 3.8) is 0 Å². The molecule has 3 amide bonds. The van der Waals surface area contributed by atoms with E-state index >= 15 is 0 Å². The largest absolute Gasteiger partial charge is 0.497 e. The van der Waals surface area contributed by atoms with Crippen molar-refractivity contribution in [3.8, 4) is 11.5 Å². The Labute approximate surface area is 194 Å². The van der Waals surface area contributed by atoms with E-state index < -0.39 is 48.7 Å². The molecule has 4 rings (SSSR count). The third-order valence-electron chi connectivity index (χ3n) is 6.41. The Morgan fingerprint density at radius 3 is 2.25 bits per heavy atom. The number of nitrogens with one attached hydrogen (secondary N) is 1. The number of alkyl halides is 2. The number of amides is 3. The topological polar surface area (TPSA) is 111 Å². The van der Waals surface area contributed by atoms with E-state index in [1.165, 1.54) is 14.2 Å². The Balaban J connectivity index is 1.32. The summed E-state index contributed by atoms with van der Waals surface area (Å²) in [6.07, 6.45) is 0.641. The number of hydrogen-bond acceptors (Lipinski definition) is 7. The number of fused-ring (bicyclic) bond motifs is 5. The van der Waals surface area contributed by atoms with Crippen LogP contribution < -0.4 is 14.8 Å². The van der Waals surface area contributed by atoms with E-state index in [0.717, 1.165) is 4.90 Å². The summed E-state index contributed by atoms with van der Waals surface area (Å²) in [5, 5.41) is 1.83. The Hall–Kier alpha value is -2.52. The number of benzene rings is 1. The SMILES string of the molecule is COc1ccc(NC(=O)COC(=O)CN2C(=O)[C@@H]3[C@H]4C[C@@H]([C@H](Cl)[C@H]4Cl)[C@@H]3C2=O)c(OC)c1. The third kappa shape index (κ3) is 3.77. The van der Waals surface area contributed by atoms with Crippen molar-refractivity contribution in [2.45, 2.75) is 17.2 Å². The zero-order chi connectivity index (χ0) is 23.2. The molecule has 1 aromatic rings. The molecular formula is C21H22Cl2N2O7. The van der Waals surface area contributed by atoms with Gasteiger partial charge in [-0.05, 0) is 30.4 Å². The summed E-state index contributed by atoms with van der Waals surface area (Å²) >= 11 is 12.6. The van der Waals surface area contributed by atoms with E-state index in [-0.39, 0.29) is 22.6 Å². The number of halogens is 2. The van der Waals surface area contributed by atoms with Crippen LogP contribution in [0.4, 0.5) is 5.69 Å². The predicted octanol–water partition coefficient (Wildman–Crippen LogP) is 1.65. The number of hydrogen-bond donors (Lipinski definition) is 1. The predicted molar refractivity (Wildman–Crippen MR) is 114 cm³/mol. The average Bonchev–Trinajstić information content (AvgIpc) is 3.39. The molecule has 1 N–H and O–H groups in total. The fourth-order valence-electron chi connectivity index (χ4n) is 4.98. The maximum absolute atomic E-state index is 12.8. The highest BCUT2D eigenvalue weighted by molar-refractivity contribution is 6.31. The molecule has 32 heavy (non-hydrogen) atoms. The molecule has 2 saturated carbocycles. The molecule has 172 valence electrons. The summed E-state index contributed by atoms with van der Waals surface area (Å²) in [5.41, 5.74) is 0.369. The molecule has 3 fully saturated rings. The molecule has 2 aliphatic carbocycles. The number of esters is 1. The minimum Gasteiger partial charge on any atom is -0.497 e. The van der Waals surface area contributed by atoms with E-state index in [9.17, 15) is 19.2 Å². The summed E-state index contributed by atoms with van der Waals surface area (Å²) in [6, 6.07) is 4.81. The number of nitrogens with zero attached hydrogens (tertiary/aromatic N) is 1. The van der Waals surface area contributed by atoms with Gasteiger partial charge in [-0.3, -0.25) is 24.1 Å². The van der Waals surface area contributed by atoms with Gasteiger partial charge in [0.15, 0.2) is 6.61 Å². The number of likely N-dealkylation sites (tertiary alicyclic amines) is 1. The molecule has 2 bridgehead atoms.